The highest BCUT2D eigenvalue weighted by molar-refractivity contribution is 6.06. The lowest BCUT2D eigenvalue weighted by Crippen LogP contribution is -1.98. The minimum Gasteiger partial charge on any atom is -0.380 e. The van der Waals surface area contributed by atoms with E-state index in [9.17, 15) is 9.18 Å². The Morgan fingerprint density at radius 2 is 2.00 bits per heavy atom. The Morgan fingerprint density at radius 1 is 1.43 bits per heavy atom. The molecule has 0 saturated heterocycles. The van der Waals surface area contributed by atoms with E-state index in [2.05, 4.69) is 6.58 Å². The number of carbonyl (C=O) groups is 1. The van der Waals surface area contributed by atoms with Crippen LogP contribution in [0.2, 0.25) is 0 Å². The molecule has 14 heavy (non-hydrogen) atoms. The summed E-state index contributed by atoms with van der Waals surface area (Å²) in [5.74, 6) is -1.61. The molecule has 0 aliphatic carbocycles. The second kappa shape index (κ2) is 4.67. The first kappa shape index (κ1) is 10.6. The highest BCUT2D eigenvalue weighted by atomic mass is 19.1. The summed E-state index contributed by atoms with van der Waals surface area (Å²) in [6.45, 7) is 3.43. The molecule has 74 valence electrons. The van der Waals surface area contributed by atoms with E-state index in [1.54, 1.807) is 31.4 Å². The van der Waals surface area contributed by atoms with Crippen LogP contribution in [0.4, 0.5) is 4.39 Å². The van der Waals surface area contributed by atoms with Gasteiger partial charge in [-0.1, -0.05) is 30.8 Å². The van der Waals surface area contributed by atoms with Crippen LogP contribution >= 0.6 is 0 Å². The zero-order chi connectivity index (χ0) is 10.6. The summed E-state index contributed by atoms with van der Waals surface area (Å²) in [6.07, 6.45) is 0. The van der Waals surface area contributed by atoms with E-state index in [0.717, 1.165) is 5.56 Å². The molecule has 3 heteroatoms. The molecule has 1 rings (SSSR count). The van der Waals surface area contributed by atoms with Gasteiger partial charge in [0.15, 0.2) is 5.83 Å². The Labute approximate surface area is 82.0 Å². The number of methoxy groups -OCH3 is 1. The molecule has 0 bridgehead atoms. The lowest BCUT2D eigenvalue weighted by molar-refractivity contribution is 0.100. The van der Waals surface area contributed by atoms with Crippen LogP contribution in [0, 0.1) is 0 Å². The molecule has 0 unspecified atom stereocenters. The number of ketones is 1. The predicted octanol–water partition coefficient (Wildman–Crippen LogP) is 2.50. The summed E-state index contributed by atoms with van der Waals surface area (Å²) in [5, 5.41) is 0. The van der Waals surface area contributed by atoms with Gasteiger partial charge < -0.3 is 4.74 Å². The zero-order valence-corrected chi connectivity index (χ0v) is 7.92. The molecule has 0 radical (unpaired) electrons. The predicted molar refractivity (Wildman–Crippen MR) is 51.7 cm³/mol. The van der Waals surface area contributed by atoms with Gasteiger partial charge in [0.2, 0.25) is 5.78 Å². The van der Waals surface area contributed by atoms with E-state index in [4.69, 9.17) is 4.74 Å². The topological polar surface area (TPSA) is 26.3 Å². The van der Waals surface area contributed by atoms with Gasteiger partial charge in [0.25, 0.3) is 0 Å². The minimum atomic E-state index is -0.940. The van der Waals surface area contributed by atoms with Crippen molar-refractivity contribution in [3.8, 4) is 0 Å². The number of allylic oxidation sites excluding steroid dienone is 1. The largest absolute Gasteiger partial charge is 0.380 e. The van der Waals surface area contributed by atoms with Gasteiger partial charge in [-0.3, -0.25) is 4.79 Å². The Kier molecular flexibility index (Phi) is 3.54. The van der Waals surface area contributed by atoms with Gasteiger partial charge in [-0.05, 0) is 5.56 Å². The summed E-state index contributed by atoms with van der Waals surface area (Å²) in [7, 11) is 1.59. The van der Waals surface area contributed by atoms with Gasteiger partial charge in [-0.15, -0.1) is 0 Å². The van der Waals surface area contributed by atoms with Gasteiger partial charge >= 0.3 is 0 Å². The molecule has 0 spiro atoms. The van der Waals surface area contributed by atoms with Gasteiger partial charge in [-0.25, -0.2) is 4.39 Å². The van der Waals surface area contributed by atoms with Gasteiger partial charge in [0.1, 0.15) is 0 Å². The van der Waals surface area contributed by atoms with Crippen LogP contribution in [0.15, 0.2) is 36.7 Å². The first-order valence-electron chi connectivity index (χ1n) is 4.12. The maximum atomic E-state index is 12.5. The molecule has 2 nitrogen and oxygen atoms in total. The Hall–Kier alpha value is -1.48. The summed E-state index contributed by atoms with van der Waals surface area (Å²) in [5.41, 5.74) is 1.24. The lowest BCUT2D eigenvalue weighted by atomic mass is 10.1. The molecule has 0 aromatic heterocycles. The second-order valence-electron chi connectivity index (χ2n) is 2.86. The van der Waals surface area contributed by atoms with Crippen molar-refractivity contribution in [2.75, 3.05) is 7.11 Å². The van der Waals surface area contributed by atoms with Crippen LogP contribution in [0.1, 0.15) is 15.9 Å². The van der Waals surface area contributed by atoms with Crippen molar-refractivity contribution in [1.82, 2.24) is 0 Å². The molecule has 1 aromatic rings. The van der Waals surface area contributed by atoms with Crippen LogP contribution in [0.5, 0.6) is 0 Å². The van der Waals surface area contributed by atoms with Gasteiger partial charge in [-0.2, -0.15) is 0 Å². The molecular formula is C11H11FO2. The van der Waals surface area contributed by atoms with Crippen LogP contribution in [0.25, 0.3) is 0 Å². The van der Waals surface area contributed by atoms with Crippen molar-refractivity contribution < 1.29 is 13.9 Å². The van der Waals surface area contributed by atoms with E-state index in [0.29, 0.717) is 12.2 Å². The molecule has 0 atom stereocenters. The van der Waals surface area contributed by atoms with Crippen LogP contribution in [-0.4, -0.2) is 12.9 Å². The first-order chi connectivity index (χ1) is 6.65. The first-order valence-corrected chi connectivity index (χ1v) is 4.12. The van der Waals surface area contributed by atoms with E-state index in [-0.39, 0.29) is 0 Å². The highest BCUT2D eigenvalue weighted by Crippen LogP contribution is 2.10. The summed E-state index contributed by atoms with van der Waals surface area (Å²) < 4.78 is 17.4. The molecule has 0 saturated carbocycles. The smallest absolute Gasteiger partial charge is 0.220 e. The maximum absolute atomic E-state index is 12.5. The van der Waals surface area contributed by atoms with Crippen molar-refractivity contribution in [1.29, 1.82) is 0 Å². The Morgan fingerprint density at radius 3 is 2.43 bits per heavy atom. The van der Waals surface area contributed by atoms with Crippen molar-refractivity contribution in [2.24, 2.45) is 0 Å². The summed E-state index contributed by atoms with van der Waals surface area (Å²) >= 11 is 0. The monoisotopic (exact) mass is 194 g/mol. The number of Topliss-reactive ketones (excluding diaryl/α,β-unsaturated/α-hetero) is 1. The Balaban J connectivity index is 2.83. The number of hydrogen-bond donors (Lipinski definition) is 0. The standard InChI is InChI=1S/C11H11FO2/c1-8(12)11(13)10-5-3-9(4-6-10)7-14-2/h3-6H,1,7H2,2H3. The highest BCUT2D eigenvalue weighted by Gasteiger charge is 2.08. The van der Waals surface area contributed by atoms with E-state index in [1.807, 2.05) is 0 Å². The minimum absolute atomic E-state index is 0.303. The molecule has 0 N–H and O–H groups in total. The van der Waals surface area contributed by atoms with Gasteiger partial charge in [0.05, 0.1) is 6.61 Å². The summed E-state index contributed by atoms with van der Waals surface area (Å²) in [6, 6.07) is 6.56. The molecule has 1 aromatic carbocycles. The van der Waals surface area contributed by atoms with Crippen LogP contribution < -0.4 is 0 Å². The molecular weight excluding hydrogens is 183 g/mol. The fourth-order valence-electron chi connectivity index (χ4n) is 1.08. The molecule has 0 fully saturated rings. The molecule has 0 aliphatic heterocycles. The fourth-order valence-corrected chi connectivity index (χ4v) is 1.08. The van der Waals surface area contributed by atoms with E-state index in [1.165, 1.54) is 0 Å². The van der Waals surface area contributed by atoms with Crippen LogP contribution in [0.3, 0.4) is 0 Å². The normalized spacial score (nSPS) is 9.86. The fraction of sp³-hybridized carbons (Fsp3) is 0.182. The SMILES string of the molecule is C=C(F)C(=O)c1ccc(COC)cc1. The zero-order valence-electron chi connectivity index (χ0n) is 7.92. The van der Waals surface area contributed by atoms with Crippen molar-refractivity contribution in [3.05, 3.63) is 47.8 Å². The average molecular weight is 194 g/mol. The number of rotatable bonds is 4. The average Bonchev–Trinajstić information content (AvgIpc) is 2.18. The molecule has 0 heterocycles. The lowest BCUT2D eigenvalue weighted by Gasteiger charge is -2.01. The third kappa shape index (κ3) is 2.50. The number of hydrogen-bond acceptors (Lipinski definition) is 2. The van der Waals surface area contributed by atoms with Crippen molar-refractivity contribution in [3.63, 3.8) is 0 Å². The van der Waals surface area contributed by atoms with E-state index >= 15 is 0 Å². The van der Waals surface area contributed by atoms with Gasteiger partial charge in [0, 0.05) is 12.7 Å². The quantitative estimate of drug-likeness (QED) is 0.543. The second-order valence-corrected chi connectivity index (χ2v) is 2.86. The molecule has 0 aliphatic rings. The molecule has 0 amide bonds. The third-order valence-corrected chi connectivity index (χ3v) is 1.77. The number of ether oxygens (including phenoxy) is 1. The van der Waals surface area contributed by atoms with Crippen molar-refractivity contribution in [2.45, 2.75) is 6.61 Å². The van der Waals surface area contributed by atoms with E-state index < -0.39 is 11.6 Å². The van der Waals surface area contributed by atoms with Crippen molar-refractivity contribution >= 4 is 5.78 Å². The Bertz CT molecular complexity index is 341. The third-order valence-electron chi connectivity index (χ3n) is 1.77. The maximum Gasteiger partial charge on any atom is 0.220 e. The number of benzene rings is 1. The van der Waals surface area contributed by atoms with Crippen LogP contribution in [-0.2, 0) is 11.3 Å². The number of halogens is 1. The number of carbonyl (C=O) groups excluding carboxylic acids is 1. The summed E-state index contributed by atoms with van der Waals surface area (Å²) in [4.78, 5) is 11.1.